The summed E-state index contributed by atoms with van der Waals surface area (Å²) in [5.74, 6) is 5.19. The average molecular weight is 308 g/mol. The smallest absolute Gasteiger partial charge is 0.270 e. The number of non-ortho nitro benzene ring substituents is 1. The first kappa shape index (κ1) is 14.8. The van der Waals surface area contributed by atoms with Crippen LogP contribution in [0.1, 0.15) is 5.76 Å². The van der Waals surface area contributed by atoms with Gasteiger partial charge in [0.2, 0.25) is 0 Å². The van der Waals surface area contributed by atoms with Crippen molar-refractivity contribution in [1.82, 2.24) is 5.43 Å². The summed E-state index contributed by atoms with van der Waals surface area (Å²) in [7, 11) is 0. The standard InChI is InChI=1S/C13H10ClN3O4/c14-11-4-1-8(17(19)20)7-10(11)12-5-2-9(21-12)3-6-13(18)16-15/h1-7H,15H2,(H,16,18)/b6-3+. The fraction of sp³-hybridized carbons (Fsp3) is 0. The zero-order valence-corrected chi connectivity index (χ0v) is 11.3. The number of furan rings is 1. The second kappa shape index (κ2) is 6.21. The minimum Gasteiger partial charge on any atom is -0.457 e. The second-order valence-corrected chi connectivity index (χ2v) is 4.37. The summed E-state index contributed by atoms with van der Waals surface area (Å²) in [6.07, 6.45) is 2.61. The summed E-state index contributed by atoms with van der Waals surface area (Å²) in [6.45, 7) is 0. The first-order valence-corrected chi connectivity index (χ1v) is 6.12. The third kappa shape index (κ3) is 3.47. The predicted molar refractivity (Wildman–Crippen MR) is 77.2 cm³/mol. The maximum Gasteiger partial charge on any atom is 0.270 e. The van der Waals surface area contributed by atoms with Crippen LogP contribution in [0.25, 0.3) is 17.4 Å². The van der Waals surface area contributed by atoms with Crippen molar-refractivity contribution in [2.45, 2.75) is 0 Å². The van der Waals surface area contributed by atoms with Gasteiger partial charge in [0.05, 0.1) is 9.95 Å². The van der Waals surface area contributed by atoms with Crippen LogP contribution in [0.2, 0.25) is 5.02 Å². The Kier molecular flexibility index (Phi) is 4.36. The summed E-state index contributed by atoms with van der Waals surface area (Å²) in [4.78, 5) is 21.2. The van der Waals surface area contributed by atoms with Crippen LogP contribution in [0.5, 0.6) is 0 Å². The van der Waals surface area contributed by atoms with Gasteiger partial charge in [0, 0.05) is 23.8 Å². The fourth-order valence-corrected chi connectivity index (χ4v) is 1.82. The van der Waals surface area contributed by atoms with Gasteiger partial charge in [0.15, 0.2) is 0 Å². The van der Waals surface area contributed by atoms with E-state index in [1.165, 1.54) is 30.4 Å². The largest absolute Gasteiger partial charge is 0.457 e. The molecule has 108 valence electrons. The number of nitro benzene ring substituents is 1. The Morgan fingerprint density at radius 2 is 2.14 bits per heavy atom. The normalized spacial score (nSPS) is 10.8. The summed E-state index contributed by atoms with van der Waals surface area (Å²) >= 11 is 6.01. The van der Waals surface area contributed by atoms with E-state index < -0.39 is 10.8 Å². The molecule has 0 aliphatic rings. The molecule has 0 aliphatic heterocycles. The molecule has 0 unspecified atom stereocenters. The van der Waals surface area contributed by atoms with Gasteiger partial charge < -0.3 is 4.42 Å². The molecule has 0 saturated carbocycles. The highest BCUT2D eigenvalue weighted by atomic mass is 35.5. The van der Waals surface area contributed by atoms with Crippen molar-refractivity contribution in [2.24, 2.45) is 5.84 Å². The third-order valence-corrected chi connectivity index (χ3v) is 2.92. The van der Waals surface area contributed by atoms with Crippen molar-refractivity contribution in [2.75, 3.05) is 0 Å². The lowest BCUT2D eigenvalue weighted by molar-refractivity contribution is -0.384. The molecular weight excluding hydrogens is 298 g/mol. The van der Waals surface area contributed by atoms with Gasteiger partial charge in [-0.2, -0.15) is 0 Å². The van der Waals surface area contributed by atoms with E-state index in [1.54, 1.807) is 12.1 Å². The molecule has 21 heavy (non-hydrogen) atoms. The van der Waals surface area contributed by atoms with E-state index in [0.717, 1.165) is 0 Å². The first-order valence-electron chi connectivity index (χ1n) is 5.74. The molecule has 0 radical (unpaired) electrons. The minimum atomic E-state index is -0.519. The van der Waals surface area contributed by atoms with Crippen molar-refractivity contribution >= 4 is 29.3 Å². The molecule has 2 rings (SSSR count). The lowest BCUT2D eigenvalue weighted by Gasteiger charge is -2.00. The lowest BCUT2D eigenvalue weighted by Crippen LogP contribution is -2.27. The minimum absolute atomic E-state index is 0.0922. The topological polar surface area (TPSA) is 111 Å². The van der Waals surface area contributed by atoms with Crippen LogP contribution in [0.4, 0.5) is 5.69 Å². The Bertz CT molecular complexity index is 724. The maximum atomic E-state index is 11.0. The summed E-state index contributed by atoms with van der Waals surface area (Å²) < 4.78 is 5.47. The number of nitrogens with one attached hydrogen (secondary N) is 1. The number of hydrogen-bond donors (Lipinski definition) is 2. The number of benzene rings is 1. The van der Waals surface area contributed by atoms with Gasteiger partial charge in [-0.15, -0.1) is 0 Å². The van der Waals surface area contributed by atoms with Crippen LogP contribution in [0.15, 0.2) is 40.8 Å². The van der Waals surface area contributed by atoms with E-state index in [0.29, 0.717) is 22.1 Å². The maximum absolute atomic E-state index is 11.0. The zero-order valence-electron chi connectivity index (χ0n) is 10.6. The highest BCUT2D eigenvalue weighted by Gasteiger charge is 2.13. The number of halogens is 1. The van der Waals surface area contributed by atoms with Crippen LogP contribution in [-0.2, 0) is 4.79 Å². The Morgan fingerprint density at radius 1 is 1.38 bits per heavy atom. The first-order chi connectivity index (χ1) is 10.0. The third-order valence-electron chi connectivity index (χ3n) is 2.59. The molecule has 0 bridgehead atoms. The highest BCUT2D eigenvalue weighted by molar-refractivity contribution is 6.33. The summed E-state index contributed by atoms with van der Waals surface area (Å²) in [5.41, 5.74) is 2.24. The van der Waals surface area contributed by atoms with Gasteiger partial charge in [0.25, 0.3) is 11.6 Å². The van der Waals surface area contributed by atoms with Crippen molar-refractivity contribution < 1.29 is 14.1 Å². The van der Waals surface area contributed by atoms with Gasteiger partial charge in [0.1, 0.15) is 11.5 Å². The van der Waals surface area contributed by atoms with E-state index >= 15 is 0 Å². The SMILES string of the molecule is NNC(=O)/C=C/c1ccc(-c2cc([N+](=O)[O-])ccc2Cl)o1. The average Bonchev–Trinajstić information content (AvgIpc) is 2.93. The molecule has 7 nitrogen and oxygen atoms in total. The fourth-order valence-electron chi connectivity index (χ4n) is 1.61. The quantitative estimate of drug-likeness (QED) is 0.296. The Morgan fingerprint density at radius 3 is 2.81 bits per heavy atom. The van der Waals surface area contributed by atoms with Crippen molar-refractivity contribution in [1.29, 1.82) is 0 Å². The number of hydrogen-bond acceptors (Lipinski definition) is 5. The number of rotatable bonds is 4. The van der Waals surface area contributed by atoms with E-state index in [1.807, 2.05) is 5.43 Å². The van der Waals surface area contributed by atoms with Crippen LogP contribution in [-0.4, -0.2) is 10.8 Å². The van der Waals surface area contributed by atoms with Crippen molar-refractivity contribution in [3.8, 4) is 11.3 Å². The molecule has 0 saturated heterocycles. The second-order valence-electron chi connectivity index (χ2n) is 3.97. The number of carbonyl (C=O) groups is 1. The van der Waals surface area contributed by atoms with Gasteiger partial charge >= 0.3 is 0 Å². The molecule has 1 aromatic carbocycles. The molecule has 0 fully saturated rings. The molecule has 3 N–H and O–H groups in total. The monoisotopic (exact) mass is 307 g/mol. The molecule has 0 spiro atoms. The summed E-state index contributed by atoms with van der Waals surface area (Å²) in [6, 6.07) is 7.26. The van der Waals surface area contributed by atoms with Gasteiger partial charge in [-0.1, -0.05) is 11.6 Å². The molecule has 1 heterocycles. The number of nitrogens with two attached hydrogens (primary N) is 1. The Labute approximate surface area is 124 Å². The highest BCUT2D eigenvalue weighted by Crippen LogP contribution is 2.32. The molecule has 1 amide bonds. The molecule has 1 aromatic heterocycles. The van der Waals surface area contributed by atoms with E-state index in [-0.39, 0.29) is 5.69 Å². The van der Waals surface area contributed by atoms with Gasteiger partial charge in [-0.25, -0.2) is 5.84 Å². The van der Waals surface area contributed by atoms with Crippen LogP contribution >= 0.6 is 11.6 Å². The van der Waals surface area contributed by atoms with Crippen LogP contribution in [0, 0.1) is 10.1 Å². The number of carbonyl (C=O) groups excluding carboxylic acids is 1. The lowest BCUT2D eigenvalue weighted by atomic mass is 10.1. The molecule has 0 atom stereocenters. The van der Waals surface area contributed by atoms with Crippen LogP contribution in [0.3, 0.4) is 0 Å². The summed E-state index contributed by atoms with van der Waals surface area (Å²) in [5, 5.41) is 11.1. The zero-order chi connectivity index (χ0) is 15.4. The number of amides is 1. The number of nitro groups is 1. The van der Waals surface area contributed by atoms with Crippen molar-refractivity contribution in [3.05, 3.63) is 57.3 Å². The molecule has 8 heteroatoms. The predicted octanol–water partition coefficient (Wildman–Crippen LogP) is 2.51. The molecule has 2 aromatic rings. The van der Waals surface area contributed by atoms with E-state index in [2.05, 4.69) is 0 Å². The number of nitrogens with zero attached hydrogens (tertiary/aromatic N) is 1. The van der Waals surface area contributed by atoms with E-state index in [9.17, 15) is 14.9 Å². The van der Waals surface area contributed by atoms with Gasteiger partial charge in [-0.05, 0) is 24.3 Å². The van der Waals surface area contributed by atoms with E-state index in [4.69, 9.17) is 21.9 Å². The number of hydrazine groups is 1. The Balaban J connectivity index is 2.33. The Hall–Kier alpha value is -2.64. The van der Waals surface area contributed by atoms with Gasteiger partial charge in [-0.3, -0.25) is 20.3 Å². The van der Waals surface area contributed by atoms with Crippen molar-refractivity contribution in [3.63, 3.8) is 0 Å². The molecular formula is C13H10ClN3O4. The van der Waals surface area contributed by atoms with Crippen LogP contribution < -0.4 is 11.3 Å². The molecule has 0 aliphatic carbocycles.